The number of carbonyl (C=O) groups is 2. The molecule has 1 aliphatic rings. The number of benzene rings is 2. The molecular formula is C21H26FN4O2+. The summed E-state index contributed by atoms with van der Waals surface area (Å²) < 4.78 is 13.1. The van der Waals surface area contributed by atoms with Gasteiger partial charge in [-0.05, 0) is 29.8 Å². The average Bonchev–Trinajstić information content (AvgIpc) is 2.72. The fourth-order valence-corrected chi connectivity index (χ4v) is 3.34. The number of carbonyl (C=O) groups excluding carboxylic acids is 2. The molecule has 6 nitrogen and oxygen atoms in total. The van der Waals surface area contributed by atoms with E-state index >= 15 is 0 Å². The van der Waals surface area contributed by atoms with Crippen LogP contribution in [0.3, 0.4) is 0 Å². The van der Waals surface area contributed by atoms with Gasteiger partial charge in [-0.2, -0.15) is 0 Å². The van der Waals surface area contributed by atoms with Gasteiger partial charge in [0.25, 0.3) is 0 Å². The van der Waals surface area contributed by atoms with Gasteiger partial charge in [-0.15, -0.1) is 0 Å². The van der Waals surface area contributed by atoms with Gasteiger partial charge < -0.3 is 9.80 Å². The molecular weight excluding hydrogens is 359 g/mol. The highest BCUT2D eigenvalue weighted by Crippen LogP contribution is 2.12. The predicted octanol–water partition coefficient (Wildman–Crippen LogP) is 0.311. The molecule has 28 heavy (non-hydrogen) atoms. The number of hydrazine groups is 1. The Labute approximate surface area is 164 Å². The van der Waals surface area contributed by atoms with Crippen LogP contribution in [0, 0.1) is 5.82 Å². The maximum atomic E-state index is 13.1. The molecule has 1 saturated heterocycles. The van der Waals surface area contributed by atoms with Gasteiger partial charge in [-0.3, -0.25) is 20.4 Å². The lowest BCUT2D eigenvalue weighted by molar-refractivity contribution is -0.900. The van der Waals surface area contributed by atoms with Crippen LogP contribution in [-0.2, 0) is 16.0 Å². The van der Waals surface area contributed by atoms with Crippen LogP contribution in [0.1, 0.15) is 12.0 Å². The lowest BCUT2D eigenvalue weighted by atomic mass is 10.1. The number of halogens is 1. The maximum Gasteiger partial charge on any atom is 0.244 e. The molecule has 2 aromatic carbocycles. The molecule has 0 atom stereocenters. The van der Waals surface area contributed by atoms with Crippen molar-refractivity contribution < 1.29 is 18.9 Å². The molecule has 3 rings (SSSR count). The van der Waals surface area contributed by atoms with Crippen LogP contribution in [0.25, 0.3) is 0 Å². The van der Waals surface area contributed by atoms with Crippen LogP contribution >= 0.6 is 0 Å². The summed E-state index contributed by atoms with van der Waals surface area (Å²) >= 11 is 0. The van der Waals surface area contributed by atoms with Crippen LogP contribution in [0.2, 0.25) is 0 Å². The van der Waals surface area contributed by atoms with E-state index in [4.69, 9.17) is 0 Å². The van der Waals surface area contributed by atoms with Gasteiger partial charge in [0, 0.05) is 5.69 Å². The summed E-state index contributed by atoms with van der Waals surface area (Å²) in [4.78, 5) is 27.6. The third-order valence-electron chi connectivity index (χ3n) is 4.89. The highest BCUT2D eigenvalue weighted by Gasteiger charge is 2.20. The molecule has 0 spiro atoms. The largest absolute Gasteiger partial charge is 0.360 e. The Bertz CT molecular complexity index is 792. The zero-order valence-electron chi connectivity index (χ0n) is 15.8. The van der Waals surface area contributed by atoms with Crippen LogP contribution < -0.4 is 20.7 Å². The summed E-state index contributed by atoms with van der Waals surface area (Å²) in [6, 6.07) is 16.2. The minimum Gasteiger partial charge on any atom is -0.360 e. The number of amides is 2. The lowest BCUT2D eigenvalue weighted by Gasteiger charge is -2.33. The second-order valence-electron chi connectivity index (χ2n) is 6.98. The van der Waals surface area contributed by atoms with E-state index in [1.165, 1.54) is 22.7 Å². The van der Waals surface area contributed by atoms with Crippen molar-refractivity contribution in [2.24, 2.45) is 0 Å². The van der Waals surface area contributed by atoms with Crippen molar-refractivity contribution in [3.05, 3.63) is 66.0 Å². The molecule has 0 bridgehead atoms. The molecule has 2 amide bonds. The molecule has 2 aromatic rings. The topological polar surface area (TPSA) is 65.9 Å². The van der Waals surface area contributed by atoms with E-state index in [2.05, 4.69) is 27.9 Å². The highest BCUT2D eigenvalue weighted by molar-refractivity contribution is 5.83. The van der Waals surface area contributed by atoms with E-state index in [1.54, 1.807) is 12.1 Å². The lowest BCUT2D eigenvalue weighted by Crippen LogP contribution is -3.15. The summed E-state index contributed by atoms with van der Waals surface area (Å²) in [6.07, 6.45) is 0.367. The maximum absolute atomic E-state index is 13.1. The van der Waals surface area contributed by atoms with E-state index in [1.807, 2.05) is 18.2 Å². The normalized spacial score (nSPS) is 14.5. The van der Waals surface area contributed by atoms with Crippen molar-refractivity contribution >= 4 is 17.5 Å². The van der Waals surface area contributed by atoms with Crippen molar-refractivity contribution in [1.29, 1.82) is 0 Å². The Morgan fingerprint density at radius 1 is 0.964 bits per heavy atom. The van der Waals surface area contributed by atoms with Crippen LogP contribution in [0.5, 0.6) is 0 Å². The minimum atomic E-state index is -0.385. The first-order chi connectivity index (χ1) is 13.6. The zero-order chi connectivity index (χ0) is 19.8. The molecule has 1 heterocycles. The first kappa shape index (κ1) is 19.8. The average molecular weight is 385 g/mol. The Morgan fingerprint density at radius 2 is 1.68 bits per heavy atom. The Hall–Kier alpha value is -2.93. The molecule has 1 aliphatic heterocycles. The van der Waals surface area contributed by atoms with Crippen LogP contribution in [0.15, 0.2) is 54.6 Å². The molecule has 1 fully saturated rings. The quantitative estimate of drug-likeness (QED) is 0.627. The zero-order valence-corrected chi connectivity index (χ0v) is 15.8. The first-order valence-corrected chi connectivity index (χ1v) is 9.56. The second-order valence-corrected chi connectivity index (χ2v) is 6.98. The summed E-state index contributed by atoms with van der Waals surface area (Å²) in [5.41, 5.74) is 6.62. The number of rotatable bonds is 6. The third kappa shape index (κ3) is 6.06. The molecule has 7 heteroatoms. The van der Waals surface area contributed by atoms with Crippen LogP contribution in [0.4, 0.5) is 10.1 Å². The number of hydrogen-bond donors (Lipinski definition) is 3. The van der Waals surface area contributed by atoms with Crippen molar-refractivity contribution in [3.63, 3.8) is 0 Å². The van der Waals surface area contributed by atoms with Gasteiger partial charge in [0.1, 0.15) is 5.82 Å². The fourth-order valence-electron chi connectivity index (χ4n) is 3.34. The predicted molar refractivity (Wildman–Crippen MR) is 105 cm³/mol. The van der Waals surface area contributed by atoms with E-state index in [9.17, 15) is 14.0 Å². The Morgan fingerprint density at radius 3 is 2.39 bits per heavy atom. The summed E-state index contributed by atoms with van der Waals surface area (Å²) in [7, 11) is 0. The number of anilines is 1. The smallest absolute Gasteiger partial charge is 0.244 e. The number of nitrogens with zero attached hydrogens (tertiary/aromatic N) is 1. The summed E-state index contributed by atoms with van der Waals surface area (Å²) in [5.74, 6) is -0.974. The summed E-state index contributed by atoms with van der Waals surface area (Å²) in [6.45, 7) is 4.62. The summed E-state index contributed by atoms with van der Waals surface area (Å²) in [5, 5.41) is 0. The van der Waals surface area contributed by atoms with Gasteiger partial charge in [0.15, 0.2) is 0 Å². The van der Waals surface area contributed by atoms with Gasteiger partial charge >= 0.3 is 0 Å². The van der Waals surface area contributed by atoms with Crippen molar-refractivity contribution in [3.8, 4) is 0 Å². The molecule has 0 aromatic heterocycles. The van der Waals surface area contributed by atoms with E-state index in [0.717, 1.165) is 32.7 Å². The number of quaternary nitrogens is 1. The SMILES string of the molecule is O=C(CC[NH+]1CCN(c2ccccc2)CC1)NNC(=O)Cc1cccc(F)c1. The van der Waals surface area contributed by atoms with Crippen LogP contribution in [-0.4, -0.2) is 44.5 Å². The molecule has 0 unspecified atom stereocenters. The monoisotopic (exact) mass is 385 g/mol. The van der Waals surface area contributed by atoms with E-state index < -0.39 is 0 Å². The van der Waals surface area contributed by atoms with Crippen molar-refractivity contribution in [1.82, 2.24) is 10.9 Å². The van der Waals surface area contributed by atoms with Gasteiger partial charge in [0.2, 0.25) is 11.8 Å². The van der Waals surface area contributed by atoms with E-state index in [0.29, 0.717) is 12.0 Å². The third-order valence-corrected chi connectivity index (χ3v) is 4.89. The van der Waals surface area contributed by atoms with Crippen molar-refractivity contribution in [2.45, 2.75) is 12.8 Å². The molecule has 148 valence electrons. The Kier molecular flexibility index (Phi) is 6.97. The Balaban J connectivity index is 1.32. The standard InChI is InChI=1S/C21H25FN4O2/c22-18-6-4-5-17(15-18)16-21(28)24-23-20(27)9-10-25-11-13-26(14-12-25)19-7-2-1-3-8-19/h1-8,15H,9-14,16H2,(H,23,27)(H,24,28)/p+1. The number of para-hydroxylation sites is 1. The highest BCUT2D eigenvalue weighted by atomic mass is 19.1. The van der Waals surface area contributed by atoms with Crippen molar-refractivity contribution in [2.75, 3.05) is 37.6 Å². The van der Waals surface area contributed by atoms with E-state index in [-0.39, 0.29) is 24.1 Å². The van der Waals surface area contributed by atoms with Gasteiger partial charge in [0.05, 0.1) is 45.6 Å². The number of nitrogens with one attached hydrogen (secondary N) is 3. The molecule has 3 N–H and O–H groups in total. The van der Waals surface area contributed by atoms with Gasteiger partial charge in [-0.25, -0.2) is 4.39 Å². The number of piperazine rings is 1. The minimum absolute atomic E-state index is 0.0186. The molecule has 0 radical (unpaired) electrons. The fraction of sp³-hybridized carbons (Fsp3) is 0.333. The molecule has 0 saturated carbocycles. The first-order valence-electron chi connectivity index (χ1n) is 9.56. The molecule has 0 aliphatic carbocycles. The number of hydrogen-bond acceptors (Lipinski definition) is 3. The van der Waals surface area contributed by atoms with Gasteiger partial charge in [-0.1, -0.05) is 30.3 Å². The second kappa shape index (κ2) is 9.85.